The zero-order valence-electron chi connectivity index (χ0n) is 20.0. The Bertz CT molecular complexity index is 875. The van der Waals surface area contributed by atoms with Gasteiger partial charge in [-0.1, -0.05) is 18.2 Å². The van der Waals surface area contributed by atoms with Gasteiger partial charge in [0, 0.05) is 26.7 Å². The summed E-state index contributed by atoms with van der Waals surface area (Å²) >= 11 is 0. The van der Waals surface area contributed by atoms with Gasteiger partial charge in [0.15, 0.2) is 5.96 Å². The Labute approximate surface area is 213 Å². The zero-order valence-corrected chi connectivity index (χ0v) is 22.3. The highest BCUT2D eigenvalue weighted by Gasteiger charge is 2.09. The molecule has 2 rings (SSSR count). The fraction of sp³-hybridized carbons (Fsp3) is 0.417. The fourth-order valence-electron chi connectivity index (χ4n) is 2.77. The second kappa shape index (κ2) is 15.2. The molecule has 2 aromatic carbocycles. The van der Waals surface area contributed by atoms with Crippen LogP contribution in [-0.2, 0) is 11.2 Å². The molecular weight excluding hydrogens is 535 g/mol. The molecule has 1 amide bonds. The molecule has 2 N–H and O–H groups in total. The molecule has 0 radical (unpaired) electrons. The number of aliphatic imine (C=N–C) groups is 1. The molecule has 9 heteroatoms. The Morgan fingerprint density at radius 2 is 1.67 bits per heavy atom. The van der Waals surface area contributed by atoms with Crippen LogP contribution in [0.4, 0.5) is 0 Å². The lowest BCUT2D eigenvalue weighted by Crippen LogP contribution is -2.43. The zero-order chi connectivity index (χ0) is 23.3. The third-order valence-corrected chi connectivity index (χ3v) is 4.67. The standard InChI is InChI=1S/C24H34N4O4.HI/c1-18(32-22-8-6-7-21(15-22)31-5)16-26-24(27-17-23(29)28(2)3)25-14-13-19-9-11-20(30-4)12-10-19;/h6-12,15,18H,13-14,16-17H2,1-5H3,(H2,25,26,27);1H. The van der Waals surface area contributed by atoms with E-state index >= 15 is 0 Å². The van der Waals surface area contributed by atoms with Crippen LogP contribution >= 0.6 is 24.0 Å². The van der Waals surface area contributed by atoms with Crippen molar-refractivity contribution >= 4 is 35.8 Å². The average molecular weight is 570 g/mol. The first-order valence-electron chi connectivity index (χ1n) is 10.6. The summed E-state index contributed by atoms with van der Waals surface area (Å²) in [5.74, 6) is 2.80. The maximum atomic E-state index is 12.0. The number of amides is 1. The predicted molar refractivity (Wildman–Crippen MR) is 142 cm³/mol. The summed E-state index contributed by atoms with van der Waals surface area (Å²) in [6, 6.07) is 15.4. The quantitative estimate of drug-likeness (QED) is 0.246. The molecule has 1 unspecified atom stereocenters. The number of guanidine groups is 1. The minimum atomic E-state index is -0.125. The van der Waals surface area contributed by atoms with E-state index in [2.05, 4.69) is 15.6 Å². The van der Waals surface area contributed by atoms with Gasteiger partial charge < -0.3 is 29.7 Å². The molecule has 8 nitrogen and oxygen atoms in total. The second-order valence-electron chi connectivity index (χ2n) is 7.47. The minimum absolute atomic E-state index is 0. The number of nitrogens with one attached hydrogen (secondary N) is 2. The SMILES string of the molecule is COc1ccc(CCNC(=NCC(=O)N(C)C)NCC(C)Oc2cccc(OC)c2)cc1.I. The van der Waals surface area contributed by atoms with E-state index in [9.17, 15) is 4.79 Å². The molecule has 0 saturated heterocycles. The van der Waals surface area contributed by atoms with Crippen LogP contribution in [-0.4, -0.2) is 70.8 Å². The van der Waals surface area contributed by atoms with Crippen LogP contribution in [0.15, 0.2) is 53.5 Å². The Balaban J connectivity index is 0.00000544. The topological polar surface area (TPSA) is 84.4 Å². The summed E-state index contributed by atoms with van der Waals surface area (Å²) in [5.41, 5.74) is 1.18. The Kier molecular flexibility index (Phi) is 13.1. The number of hydrogen-bond acceptors (Lipinski definition) is 5. The highest BCUT2D eigenvalue weighted by Crippen LogP contribution is 2.19. The van der Waals surface area contributed by atoms with Gasteiger partial charge in [-0.2, -0.15) is 0 Å². The van der Waals surface area contributed by atoms with Gasteiger partial charge >= 0.3 is 0 Å². The van der Waals surface area contributed by atoms with Crippen LogP contribution in [0.1, 0.15) is 12.5 Å². The fourth-order valence-corrected chi connectivity index (χ4v) is 2.77. The normalized spacial score (nSPS) is 11.6. The molecule has 1 atom stereocenters. The van der Waals surface area contributed by atoms with E-state index in [1.54, 1.807) is 28.3 Å². The highest BCUT2D eigenvalue weighted by molar-refractivity contribution is 14.0. The highest BCUT2D eigenvalue weighted by atomic mass is 127. The molecule has 0 aromatic heterocycles. The first-order chi connectivity index (χ1) is 15.4. The number of likely N-dealkylation sites (N-methyl/N-ethyl adjacent to an activating group) is 1. The summed E-state index contributed by atoms with van der Waals surface area (Å²) in [6.07, 6.45) is 0.683. The molecule has 0 bridgehead atoms. The van der Waals surface area contributed by atoms with Gasteiger partial charge in [0.1, 0.15) is 29.9 Å². The van der Waals surface area contributed by atoms with E-state index in [4.69, 9.17) is 14.2 Å². The summed E-state index contributed by atoms with van der Waals surface area (Å²) < 4.78 is 16.4. The van der Waals surface area contributed by atoms with Crippen LogP contribution in [0.25, 0.3) is 0 Å². The molecule has 0 spiro atoms. The molecule has 0 fully saturated rings. The van der Waals surface area contributed by atoms with Crippen molar-refractivity contribution in [3.05, 3.63) is 54.1 Å². The van der Waals surface area contributed by atoms with Crippen LogP contribution in [0.2, 0.25) is 0 Å². The van der Waals surface area contributed by atoms with Gasteiger partial charge in [0.2, 0.25) is 5.91 Å². The summed E-state index contributed by atoms with van der Waals surface area (Å²) in [4.78, 5) is 17.9. The number of ether oxygens (including phenoxy) is 3. The smallest absolute Gasteiger partial charge is 0.243 e. The maximum Gasteiger partial charge on any atom is 0.243 e. The Hall–Kier alpha value is -2.69. The maximum absolute atomic E-state index is 12.0. The van der Waals surface area contributed by atoms with E-state index < -0.39 is 0 Å². The Morgan fingerprint density at radius 1 is 1.00 bits per heavy atom. The van der Waals surface area contributed by atoms with Crippen molar-refractivity contribution < 1.29 is 19.0 Å². The van der Waals surface area contributed by atoms with Crippen molar-refractivity contribution in [2.45, 2.75) is 19.4 Å². The number of halogens is 1. The van der Waals surface area contributed by atoms with Gasteiger partial charge in [0.05, 0.1) is 20.8 Å². The number of nitrogens with zero attached hydrogens (tertiary/aromatic N) is 2. The van der Waals surface area contributed by atoms with Gasteiger partial charge in [-0.3, -0.25) is 4.79 Å². The predicted octanol–water partition coefficient (Wildman–Crippen LogP) is 2.96. The molecule has 182 valence electrons. The molecule has 0 aliphatic carbocycles. The summed E-state index contributed by atoms with van der Waals surface area (Å²) in [6.45, 7) is 3.21. The van der Waals surface area contributed by atoms with E-state index in [0.717, 1.165) is 23.7 Å². The number of hydrogen-bond donors (Lipinski definition) is 2. The Morgan fingerprint density at radius 3 is 2.30 bits per heavy atom. The van der Waals surface area contributed by atoms with E-state index in [1.165, 1.54) is 10.5 Å². The second-order valence-corrected chi connectivity index (χ2v) is 7.47. The van der Waals surface area contributed by atoms with Crippen LogP contribution < -0.4 is 24.8 Å². The minimum Gasteiger partial charge on any atom is -0.497 e. The first-order valence-corrected chi connectivity index (χ1v) is 10.6. The number of carbonyl (C=O) groups is 1. The van der Waals surface area contributed by atoms with Gasteiger partial charge in [-0.15, -0.1) is 24.0 Å². The third-order valence-electron chi connectivity index (χ3n) is 4.67. The monoisotopic (exact) mass is 570 g/mol. The summed E-state index contributed by atoms with van der Waals surface area (Å²) in [7, 11) is 6.71. The molecule has 0 aliphatic rings. The van der Waals surface area contributed by atoms with Crippen molar-refractivity contribution in [1.82, 2.24) is 15.5 Å². The van der Waals surface area contributed by atoms with Crippen molar-refractivity contribution in [2.24, 2.45) is 4.99 Å². The van der Waals surface area contributed by atoms with Crippen LogP contribution in [0, 0.1) is 0 Å². The number of rotatable bonds is 11. The third kappa shape index (κ3) is 10.6. The summed E-state index contributed by atoms with van der Waals surface area (Å²) in [5, 5.41) is 6.55. The van der Waals surface area contributed by atoms with E-state index in [0.29, 0.717) is 19.0 Å². The van der Waals surface area contributed by atoms with Crippen molar-refractivity contribution in [2.75, 3.05) is 47.9 Å². The van der Waals surface area contributed by atoms with Gasteiger partial charge in [-0.05, 0) is 43.2 Å². The molecule has 0 saturated carbocycles. The lowest BCUT2D eigenvalue weighted by Gasteiger charge is -2.18. The van der Waals surface area contributed by atoms with Crippen molar-refractivity contribution in [1.29, 1.82) is 0 Å². The van der Waals surface area contributed by atoms with Crippen molar-refractivity contribution in [3.63, 3.8) is 0 Å². The molecule has 2 aromatic rings. The molecular formula is C24H35IN4O4. The largest absolute Gasteiger partial charge is 0.497 e. The van der Waals surface area contributed by atoms with Gasteiger partial charge in [-0.25, -0.2) is 4.99 Å². The molecule has 0 heterocycles. The van der Waals surface area contributed by atoms with Crippen LogP contribution in [0.5, 0.6) is 17.2 Å². The van der Waals surface area contributed by atoms with Crippen molar-refractivity contribution in [3.8, 4) is 17.2 Å². The number of benzene rings is 2. The van der Waals surface area contributed by atoms with E-state index in [1.807, 2.05) is 55.5 Å². The first kappa shape index (κ1) is 28.3. The number of methoxy groups -OCH3 is 2. The lowest BCUT2D eigenvalue weighted by molar-refractivity contribution is -0.127. The lowest BCUT2D eigenvalue weighted by atomic mass is 10.1. The number of carbonyl (C=O) groups excluding carboxylic acids is 1. The van der Waals surface area contributed by atoms with E-state index in [-0.39, 0.29) is 42.5 Å². The molecule has 33 heavy (non-hydrogen) atoms. The molecule has 0 aliphatic heterocycles. The average Bonchev–Trinajstić information content (AvgIpc) is 2.80. The van der Waals surface area contributed by atoms with Crippen LogP contribution in [0.3, 0.4) is 0 Å². The van der Waals surface area contributed by atoms with Gasteiger partial charge in [0.25, 0.3) is 0 Å².